The second-order valence-electron chi connectivity index (χ2n) is 8.55. The van der Waals surface area contributed by atoms with Crippen molar-refractivity contribution >= 4 is 40.2 Å². The number of nitrogens with zero attached hydrogens (tertiary/aromatic N) is 2. The molecule has 2 aliphatic rings. The molecule has 1 atom stereocenters. The number of carbonyl (C=O) groups is 3. The fraction of sp³-hybridized carbons (Fsp3) is 0.320. The molecule has 0 saturated heterocycles. The molecule has 2 aromatic carbocycles. The van der Waals surface area contributed by atoms with E-state index >= 15 is 0 Å². The van der Waals surface area contributed by atoms with E-state index in [0.717, 1.165) is 31.1 Å². The molecule has 0 bridgehead atoms. The van der Waals surface area contributed by atoms with Crippen molar-refractivity contribution in [2.45, 2.75) is 44.2 Å². The van der Waals surface area contributed by atoms with E-state index < -0.39 is 6.04 Å². The number of amides is 2. The zero-order chi connectivity index (χ0) is 22.2. The van der Waals surface area contributed by atoms with Crippen molar-refractivity contribution in [3.8, 4) is 0 Å². The standard InChI is InChI=1S/C25H24ClN3O3/c26-18-12-10-16(11-13-18)23(24(31)27-19-7-2-1-3-8-19)28-15-22(30)29-20-9-5-4-6-17(20)14-21(29)25(28)32/h4-6,9-14,19,23H,1-3,7-8,15H2,(H,27,31). The van der Waals surface area contributed by atoms with Crippen LogP contribution in [0.1, 0.15) is 59.0 Å². The number of nitrogens with one attached hydrogen (secondary N) is 1. The molecule has 5 rings (SSSR count). The minimum atomic E-state index is -0.905. The highest BCUT2D eigenvalue weighted by Crippen LogP contribution is 2.31. The third-order valence-electron chi connectivity index (χ3n) is 6.44. The van der Waals surface area contributed by atoms with Crippen molar-refractivity contribution in [1.29, 1.82) is 0 Å². The van der Waals surface area contributed by atoms with Crippen molar-refractivity contribution in [2.75, 3.05) is 6.54 Å². The van der Waals surface area contributed by atoms with Gasteiger partial charge in [0.2, 0.25) is 5.91 Å². The normalized spacial score (nSPS) is 18.0. The maximum absolute atomic E-state index is 13.6. The molecule has 32 heavy (non-hydrogen) atoms. The summed E-state index contributed by atoms with van der Waals surface area (Å²) >= 11 is 6.06. The first-order valence-electron chi connectivity index (χ1n) is 11.0. The molecule has 3 aromatic rings. The highest BCUT2D eigenvalue weighted by molar-refractivity contribution is 6.30. The zero-order valence-corrected chi connectivity index (χ0v) is 18.3. The molecule has 1 N–H and O–H groups in total. The lowest BCUT2D eigenvalue weighted by atomic mass is 9.94. The van der Waals surface area contributed by atoms with Crippen LogP contribution in [-0.2, 0) is 4.79 Å². The summed E-state index contributed by atoms with van der Waals surface area (Å²) in [7, 11) is 0. The second-order valence-corrected chi connectivity index (χ2v) is 8.98. The van der Waals surface area contributed by atoms with Crippen LogP contribution in [0.3, 0.4) is 0 Å². The average Bonchev–Trinajstić information content (AvgIpc) is 3.20. The van der Waals surface area contributed by atoms with Crippen LogP contribution in [0.25, 0.3) is 10.9 Å². The average molecular weight is 450 g/mol. The molecule has 0 spiro atoms. The van der Waals surface area contributed by atoms with E-state index in [1.54, 1.807) is 30.3 Å². The molecule has 1 saturated carbocycles. The molecule has 7 heteroatoms. The summed E-state index contributed by atoms with van der Waals surface area (Å²) in [5, 5.41) is 4.49. The molecule has 1 aromatic heterocycles. The molecular weight excluding hydrogens is 426 g/mol. The smallest absolute Gasteiger partial charge is 0.272 e. The summed E-state index contributed by atoms with van der Waals surface area (Å²) < 4.78 is 1.46. The van der Waals surface area contributed by atoms with Crippen LogP contribution in [-0.4, -0.2) is 39.8 Å². The summed E-state index contributed by atoms with van der Waals surface area (Å²) in [6.07, 6.45) is 5.20. The van der Waals surface area contributed by atoms with E-state index in [0.29, 0.717) is 16.1 Å². The third kappa shape index (κ3) is 3.69. The number of para-hydroxylation sites is 1. The Bertz CT molecular complexity index is 1190. The van der Waals surface area contributed by atoms with E-state index in [2.05, 4.69) is 5.32 Å². The number of carbonyl (C=O) groups excluding carboxylic acids is 3. The first kappa shape index (κ1) is 20.8. The number of benzene rings is 2. The fourth-order valence-corrected chi connectivity index (χ4v) is 5.00. The van der Waals surface area contributed by atoms with Crippen molar-refractivity contribution in [2.24, 2.45) is 0 Å². The Balaban J connectivity index is 1.53. The van der Waals surface area contributed by atoms with Crippen LogP contribution in [0.4, 0.5) is 0 Å². The quantitative estimate of drug-likeness (QED) is 0.633. The molecule has 1 unspecified atom stereocenters. The Hall–Kier alpha value is -3.12. The first-order valence-corrected chi connectivity index (χ1v) is 11.4. The minimum Gasteiger partial charge on any atom is -0.351 e. The van der Waals surface area contributed by atoms with E-state index in [1.807, 2.05) is 24.3 Å². The van der Waals surface area contributed by atoms with Gasteiger partial charge in [-0.15, -0.1) is 0 Å². The largest absolute Gasteiger partial charge is 0.351 e. The lowest BCUT2D eigenvalue weighted by Gasteiger charge is -2.35. The molecular formula is C25H24ClN3O3. The van der Waals surface area contributed by atoms with Crippen LogP contribution >= 0.6 is 11.6 Å². The zero-order valence-electron chi connectivity index (χ0n) is 17.6. The van der Waals surface area contributed by atoms with E-state index in [-0.39, 0.29) is 36.0 Å². The van der Waals surface area contributed by atoms with Gasteiger partial charge in [-0.2, -0.15) is 0 Å². The molecule has 6 nitrogen and oxygen atoms in total. The van der Waals surface area contributed by atoms with Gasteiger partial charge in [0.05, 0.1) is 5.52 Å². The van der Waals surface area contributed by atoms with E-state index in [4.69, 9.17) is 11.6 Å². The van der Waals surface area contributed by atoms with Gasteiger partial charge in [0.1, 0.15) is 18.3 Å². The lowest BCUT2D eigenvalue weighted by molar-refractivity contribution is -0.126. The number of aromatic nitrogens is 1. The minimum absolute atomic E-state index is 0.0908. The van der Waals surface area contributed by atoms with Gasteiger partial charge >= 0.3 is 0 Å². The SMILES string of the molecule is O=C(NC1CCCCC1)C(c1ccc(Cl)cc1)N1CC(=O)n2c(cc3ccccc32)C1=O. The molecule has 2 heterocycles. The van der Waals surface area contributed by atoms with Crippen LogP contribution in [0.5, 0.6) is 0 Å². The number of rotatable bonds is 4. The first-order chi connectivity index (χ1) is 15.5. The maximum atomic E-state index is 13.6. The monoisotopic (exact) mass is 449 g/mol. The van der Waals surface area contributed by atoms with Crippen molar-refractivity contribution in [1.82, 2.24) is 14.8 Å². The molecule has 0 radical (unpaired) electrons. The summed E-state index contributed by atoms with van der Waals surface area (Å²) in [6, 6.07) is 15.2. The van der Waals surface area contributed by atoms with Gasteiger partial charge in [0.25, 0.3) is 11.8 Å². The molecule has 2 amide bonds. The predicted octanol–water partition coefficient (Wildman–Crippen LogP) is 4.58. The Morgan fingerprint density at radius 3 is 2.47 bits per heavy atom. The molecule has 1 fully saturated rings. The van der Waals surface area contributed by atoms with Crippen LogP contribution in [0.2, 0.25) is 5.02 Å². The van der Waals surface area contributed by atoms with Gasteiger partial charge in [-0.05, 0) is 42.7 Å². The second kappa shape index (κ2) is 8.43. The highest BCUT2D eigenvalue weighted by Gasteiger charge is 2.39. The summed E-state index contributed by atoms with van der Waals surface area (Å²) in [4.78, 5) is 41.6. The van der Waals surface area contributed by atoms with Gasteiger partial charge < -0.3 is 10.2 Å². The molecule has 164 valence electrons. The fourth-order valence-electron chi connectivity index (χ4n) is 4.87. The van der Waals surface area contributed by atoms with Gasteiger partial charge in [0.15, 0.2) is 0 Å². The molecule has 1 aliphatic carbocycles. The van der Waals surface area contributed by atoms with Crippen LogP contribution in [0.15, 0.2) is 54.6 Å². The topological polar surface area (TPSA) is 71.4 Å². The number of hydrogen-bond donors (Lipinski definition) is 1. The summed E-state index contributed by atoms with van der Waals surface area (Å²) in [5.74, 6) is -0.824. The third-order valence-corrected chi connectivity index (χ3v) is 6.70. The van der Waals surface area contributed by atoms with Crippen molar-refractivity contribution in [3.63, 3.8) is 0 Å². The van der Waals surface area contributed by atoms with Gasteiger partial charge in [-0.1, -0.05) is 61.2 Å². The van der Waals surface area contributed by atoms with E-state index in [9.17, 15) is 14.4 Å². The number of hydrogen-bond acceptors (Lipinski definition) is 3. The Kier molecular flexibility index (Phi) is 5.47. The van der Waals surface area contributed by atoms with Crippen LogP contribution < -0.4 is 5.32 Å². The van der Waals surface area contributed by atoms with Crippen molar-refractivity contribution < 1.29 is 14.4 Å². The van der Waals surface area contributed by atoms with Gasteiger partial charge in [0, 0.05) is 16.5 Å². The van der Waals surface area contributed by atoms with Gasteiger partial charge in [-0.25, -0.2) is 0 Å². The Morgan fingerprint density at radius 1 is 1.00 bits per heavy atom. The number of halogens is 1. The highest BCUT2D eigenvalue weighted by atomic mass is 35.5. The van der Waals surface area contributed by atoms with E-state index in [1.165, 1.54) is 15.9 Å². The maximum Gasteiger partial charge on any atom is 0.272 e. The molecule has 1 aliphatic heterocycles. The Morgan fingerprint density at radius 2 is 1.72 bits per heavy atom. The predicted molar refractivity (Wildman–Crippen MR) is 123 cm³/mol. The van der Waals surface area contributed by atoms with Crippen molar-refractivity contribution in [3.05, 3.63) is 70.9 Å². The summed E-state index contributed by atoms with van der Waals surface area (Å²) in [6.45, 7) is -0.171. The Labute approximate surface area is 191 Å². The summed E-state index contributed by atoms with van der Waals surface area (Å²) in [5.41, 5.74) is 1.62. The number of fused-ring (bicyclic) bond motifs is 3. The van der Waals surface area contributed by atoms with Gasteiger partial charge in [-0.3, -0.25) is 19.0 Å². The lowest BCUT2D eigenvalue weighted by Crippen LogP contribution is -2.51. The van der Waals surface area contributed by atoms with Crippen LogP contribution in [0, 0.1) is 0 Å².